The third-order valence-corrected chi connectivity index (χ3v) is 3.72. The van der Waals surface area contributed by atoms with Crippen molar-refractivity contribution < 1.29 is 9.84 Å². The van der Waals surface area contributed by atoms with Crippen LogP contribution in [0, 0.1) is 5.92 Å². The highest BCUT2D eigenvalue weighted by atomic mass is 16.5. The highest BCUT2D eigenvalue weighted by Crippen LogP contribution is 2.32. The Morgan fingerprint density at radius 1 is 1.44 bits per heavy atom. The molecule has 100 valence electrons. The van der Waals surface area contributed by atoms with Crippen molar-refractivity contribution in [2.45, 2.75) is 52.1 Å². The van der Waals surface area contributed by atoms with Gasteiger partial charge in [-0.05, 0) is 54.9 Å². The molecule has 1 aliphatic rings. The maximum Gasteiger partial charge on any atom is 0.119 e. The van der Waals surface area contributed by atoms with Gasteiger partial charge in [0.1, 0.15) is 5.75 Å². The van der Waals surface area contributed by atoms with E-state index >= 15 is 0 Å². The summed E-state index contributed by atoms with van der Waals surface area (Å²) in [5, 5.41) is 9.99. The minimum absolute atomic E-state index is 0.301. The van der Waals surface area contributed by atoms with Crippen LogP contribution in [0.1, 0.15) is 56.8 Å². The number of fused-ring (bicyclic) bond motifs is 1. The van der Waals surface area contributed by atoms with Crippen molar-refractivity contribution in [2.75, 3.05) is 6.61 Å². The summed E-state index contributed by atoms with van der Waals surface area (Å²) in [6.07, 6.45) is 5.15. The molecule has 1 aliphatic carbocycles. The molecular weight excluding hydrogens is 224 g/mol. The summed E-state index contributed by atoms with van der Waals surface area (Å²) in [6.45, 7) is 5.19. The second-order valence-corrected chi connectivity index (χ2v) is 5.47. The Balaban J connectivity index is 2.00. The number of hydrogen-bond donors (Lipinski definition) is 1. The fraction of sp³-hybridized carbons (Fsp3) is 0.625. The molecule has 18 heavy (non-hydrogen) atoms. The van der Waals surface area contributed by atoms with E-state index in [4.69, 9.17) is 4.74 Å². The van der Waals surface area contributed by atoms with Gasteiger partial charge in [-0.2, -0.15) is 0 Å². The first-order chi connectivity index (χ1) is 8.70. The van der Waals surface area contributed by atoms with Crippen molar-refractivity contribution in [2.24, 2.45) is 5.92 Å². The van der Waals surface area contributed by atoms with Crippen LogP contribution in [0.3, 0.4) is 0 Å². The lowest BCUT2D eigenvalue weighted by Crippen LogP contribution is -2.11. The van der Waals surface area contributed by atoms with Crippen molar-refractivity contribution in [3.05, 3.63) is 29.3 Å². The van der Waals surface area contributed by atoms with Gasteiger partial charge in [0.05, 0.1) is 12.7 Å². The number of hydrogen-bond acceptors (Lipinski definition) is 2. The fourth-order valence-electron chi connectivity index (χ4n) is 2.66. The van der Waals surface area contributed by atoms with Gasteiger partial charge in [-0.3, -0.25) is 0 Å². The lowest BCUT2D eigenvalue weighted by Gasteiger charge is -2.22. The topological polar surface area (TPSA) is 29.5 Å². The van der Waals surface area contributed by atoms with E-state index in [0.717, 1.165) is 37.2 Å². The molecule has 2 nitrogen and oxygen atoms in total. The normalized spacial score (nSPS) is 20.3. The first-order valence-electron chi connectivity index (χ1n) is 7.14. The smallest absolute Gasteiger partial charge is 0.119 e. The summed E-state index contributed by atoms with van der Waals surface area (Å²) in [6, 6.07) is 6.17. The van der Waals surface area contributed by atoms with Crippen LogP contribution in [0.15, 0.2) is 18.2 Å². The molecule has 0 spiro atoms. The molecule has 0 bridgehead atoms. The molecule has 0 saturated heterocycles. The number of aliphatic hydroxyl groups is 1. The van der Waals surface area contributed by atoms with Crippen molar-refractivity contribution in [3.63, 3.8) is 0 Å². The van der Waals surface area contributed by atoms with E-state index in [1.807, 2.05) is 12.1 Å². The molecule has 2 atom stereocenters. The van der Waals surface area contributed by atoms with Crippen LogP contribution in [-0.2, 0) is 6.42 Å². The maximum absolute atomic E-state index is 9.99. The third-order valence-electron chi connectivity index (χ3n) is 3.72. The van der Waals surface area contributed by atoms with Crippen molar-refractivity contribution in [3.8, 4) is 5.75 Å². The highest BCUT2D eigenvalue weighted by molar-refractivity contribution is 5.38. The van der Waals surface area contributed by atoms with Crippen LogP contribution in [0.4, 0.5) is 0 Å². The van der Waals surface area contributed by atoms with E-state index < -0.39 is 0 Å². The molecular formula is C16H24O2. The van der Waals surface area contributed by atoms with Gasteiger partial charge in [0.25, 0.3) is 0 Å². The first kappa shape index (κ1) is 13.4. The second kappa shape index (κ2) is 6.24. The van der Waals surface area contributed by atoms with Crippen LogP contribution < -0.4 is 4.74 Å². The highest BCUT2D eigenvalue weighted by Gasteiger charge is 2.18. The second-order valence-electron chi connectivity index (χ2n) is 5.47. The minimum Gasteiger partial charge on any atom is -0.493 e. The molecule has 0 amide bonds. The summed E-state index contributed by atoms with van der Waals surface area (Å²) < 4.78 is 5.82. The number of aliphatic hydroxyl groups excluding tert-OH is 1. The van der Waals surface area contributed by atoms with Crippen molar-refractivity contribution >= 4 is 0 Å². The van der Waals surface area contributed by atoms with E-state index in [1.54, 1.807) is 0 Å². The Labute approximate surface area is 110 Å². The Morgan fingerprint density at radius 2 is 2.28 bits per heavy atom. The van der Waals surface area contributed by atoms with Gasteiger partial charge >= 0.3 is 0 Å². The van der Waals surface area contributed by atoms with Gasteiger partial charge in [0, 0.05) is 0 Å². The van der Waals surface area contributed by atoms with Crippen molar-refractivity contribution in [1.29, 1.82) is 0 Å². The predicted molar refractivity (Wildman–Crippen MR) is 73.9 cm³/mol. The SMILES string of the molecule is CCCC(C)COc1ccc2c(c1)[C@@H](O)CCC2. The fourth-order valence-corrected chi connectivity index (χ4v) is 2.66. The average Bonchev–Trinajstić information content (AvgIpc) is 2.37. The van der Waals surface area contributed by atoms with Gasteiger partial charge in [-0.1, -0.05) is 26.3 Å². The molecule has 0 aromatic heterocycles. The van der Waals surface area contributed by atoms with E-state index in [-0.39, 0.29) is 6.10 Å². The van der Waals surface area contributed by atoms with Crippen LogP contribution >= 0.6 is 0 Å². The maximum atomic E-state index is 9.99. The number of aryl methyl sites for hydroxylation is 1. The lowest BCUT2D eigenvalue weighted by atomic mass is 9.89. The molecule has 1 unspecified atom stereocenters. The minimum atomic E-state index is -0.301. The number of ether oxygens (including phenoxy) is 1. The molecule has 0 fully saturated rings. The molecule has 0 saturated carbocycles. The van der Waals surface area contributed by atoms with E-state index in [2.05, 4.69) is 19.9 Å². The summed E-state index contributed by atoms with van der Waals surface area (Å²) in [5.41, 5.74) is 2.35. The monoisotopic (exact) mass is 248 g/mol. The van der Waals surface area contributed by atoms with Gasteiger partial charge in [0.2, 0.25) is 0 Å². The zero-order valence-corrected chi connectivity index (χ0v) is 11.5. The zero-order chi connectivity index (χ0) is 13.0. The number of benzene rings is 1. The first-order valence-corrected chi connectivity index (χ1v) is 7.14. The van der Waals surface area contributed by atoms with Gasteiger partial charge in [-0.25, -0.2) is 0 Å². The van der Waals surface area contributed by atoms with Crippen LogP contribution in [0.5, 0.6) is 5.75 Å². The van der Waals surface area contributed by atoms with Crippen molar-refractivity contribution in [1.82, 2.24) is 0 Å². The molecule has 1 aromatic carbocycles. The van der Waals surface area contributed by atoms with Crippen LogP contribution in [0.2, 0.25) is 0 Å². The average molecular weight is 248 g/mol. The lowest BCUT2D eigenvalue weighted by molar-refractivity contribution is 0.155. The van der Waals surface area contributed by atoms with Crippen LogP contribution in [0.25, 0.3) is 0 Å². The van der Waals surface area contributed by atoms with E-state index in [9.17, 15) is 5.11 Å². The molecule has 0 heterocycles. The van der Waals surface area contributed by atoms with E-state index in [1.165, 1.54) is 18.4 Å². The Kier molecular flexibility index (Phi) is 4.65. The summed E-state index contributed by atoms with van der Waals surface area (Å²) in [4.78, 5) is 0. The third kappa shape index (κ3) is 3.26. The van der Waals surface area contributed by atoms with Gasteiger partial charge < -0.3 is 9.84 Å². The Morgan fingerprint density at radius 3 is 3.06 bits per heavy atom. The molecule has 1 aromatic rings. The zero-order valence-electron chi connectivity index (χ0n) is 11.5. The molecule has 1 N–H and O–H groups in total. The molecule has 0 aliphatic heterocycles. The molecule has 2 heteroatoms. The van der Waals surface area contributed by atoms with Gasteiger partial charge in [0.15, 0.2) is 0 Å². The quantitative estimate of drug-likeness (QED) is 0.857. The predicted octanol–water partition coefficient (Wildman–Crippen LogP) is 3.87. The Bertz CT molecular complexity index is 387. The Hall–Kier alpha value is -1.02. The summed E-state index contributed by atoms with van der Waals surface area (Å²) >= 11 is 0. The largest absolute Gasteiger partial charge is 0.493 e. The molecule has 0 radical (unpaired) electrons. The van der Waals surface area contributed by atoms with Gasteiger partial charge in [-0.15, -0.1) is 0 Å². The number of rotatable bonds is 5. The standard InChI is InChI=1S/C16H24O2/c1-3-5-12(2)11-18-14-9-8-13-6-4-7-16(17)15(13)10-14/h8-10,12,16-17H,3-7,11H2,1-2H3/t12?,16-/m0/s1. The van der Waals surface area contributed by atoms with E-state index in [0.29, 0.717) is 5.92 Å². The summed E-state index contributed by atoms with van der Waals surface area (Å²) in [5.74, 6) is 1.49. The molecule has 2 rings (SSSR count). The van der Waals surface area contributed by atoms with Crippen LogP contribution in [-0.4, -0.2) is 11.7 Å². The summed E-state index contributed by atoms with van der Waals surface area (Å²) in [7, 11) is 0.